The van der Waals surface area contributed by atoms with Gasteiger partial charge in [0, 0.05) is 12.4 Å². The number of carbonyl (C=O) groups is 1. The molecule has 0 aliphatic rings. The Hall–Kier alpha value is -0.450. The molecule has 0 atom stereocenters. The fourth-order valence-corrected chi connectivity index (χ4v) is 1.31. The van der Waals surface area contributed by atoms with Crippen molar-refractivity contribution in [2.45, 2.75) is 10.3 Å². The minimum absolute atomic E-state index is 0.0971. The van der Waals surface area contributed by atoms with E-state index in [0.29, 0.717) is 0 Å². The summed E-state index contributed by atoms with van der Waals surface area (Å²) in [4.78, 5) is 14.1. The summed E-state index contributed by atoms with van der Waals surface area (Å²) in [5.74, 6) is -0.923. The van der Waals surface area contributed by atoms with Gasteiger partial charge in [-0.05, 0) is 0 Å². The molecule has 0 aliphatic carbocycles. The normalized spacial score (nSPS) is 11.6. The lowest BCUT2D eigenvalue weighted by molar-refractivity contribution is -0.137. The summed E-state index contributed by atoms with van der Waals surface area (Å²) >= 11 is 16.6. The standard InChI is InChI=1S/C6H5Cl3N2O2/c7-6(8,9)5-10-1-2-11(5)3-4(12)13/h1-2H,3H2,(H,12,13). The molecule has 0 bridgehead atoms. The first-order valence-corrected chi connectivity index (χ1v) is 4.35. The summed E-state index contributed by atoms with van der Waals surface area (Å²) < 4.78 is -0.436. The molecule has 0 saturated carbocycles. The van der Waals surface area contributed by atoms with Crippen LogP contribution in [0.1, 0.15) is 5.82 Å². The minimum atomic E-state index is -1.70. The number of carboxylic acid groups (broad SMARTS) is 1. The van der Waals surface area contributed by atoms with E-state index < -0.39 is 9.76 Å². The zero-order valence-electron chi connectivity index (χ0n) is 6.25. The van der Waals surface area contributed by atoms with Crippen molar-refractivity contribution in [3.63, 3.8) is 0 Å². The predicted octanol–water partition coefficient (Wildman–Crippen LogP) is 1.79. The highest BCUT2D eigenvalue weighted by molar-refractivity contribution is 6.66. The van der Waals surface area contributed by atoms with Crippen molar-refractivity contribution < 1.29 is 9.90 Å². The van der Waals surface area contributed by atoms with Crippen LogP contribution in [0.2, 0.25) is 0 Å². The van der Waals surface area contributed by atoms with E-state index in [4.69, 9.17) is 39.9 Å². The van der Waals surface area contributed by atoms with Crippen molar-refractivity contribution in [3.8, 4) is 0 Å². The van der Waals surface area contributed by atoms with Gasteiger partial charge in [-0.2, -0.15) is 0 Å². The number of imidazole rings is 1. The lowest BCUT2D eigenvalue weighted by Gasteiger charge is -2.11. The van der Waals surface area contributed by atoms with E-state index in [1.54, 1.807) is 0 Å². The van der Waals surface area contributed by atoms with Crippen molar-refractivity contribution in [1.82, 2.24) is 9.55 Å². The molecule has 0 amide bonds. The molecule has 7 heteroatoms. The number of carboxylic acids is 1. The van der Waals surface area contributed by atoms with Gasteiger partial charge < -0.3 is 9.67 Å². The molecule has 1 N–H and O–H groups in total. The molecule has 0 aliphatic heterocycles. The maximum absolute atomic E-state index is 10.4. The van der Waals surface area contributed by atoms with Gasteiger partial charge >= 0.3 is 5.97 Å². The topological polar surface area (TPSA) is 55.1 Å². The summed E-state index contributed by atoms with van der Waals surface area (Å²) in [7, 11) is 0. The van der Waals surface area contributed by atoms with E-state index >= 15 is 0 Å². The molecule has 0 unspecified atom stereocenters. The number of hydrogen-bond acceptors (Lipinski definition) is 2. The van der Waals surface area contributed by atoms with Crippen LogP contribution in [0.3, 0.4) is 0 Å². The fourth-order valence-electron chi connectivity index (χ4n) is 0.839. The lowest BCUT2D eigenvalue weighted by Crippen LogP contribution is -2.16. The van der Waals surface area contributed by atoms with Gasteiger partial charge in [0.05, 0.1) is 0 Å². The summed E-state index contributed by atoms with van der Waals surface area (Å²) in [5, 5.41) is 8.50. The first-order valence-electron chi connectivity index (χ1n) is 3.21. The van der Waals surface area contributed by atoms with Gasteiger partial charge in [0.15, 0.2) is 5.82 Å². The van der Waals surface area contributed by atoms with Gasteiger partial charge in [0.25, 0.3) is 0 Å². The molecule has 72 valence electrons. The molecule has 0 radical (unpaired) electrons. The Kier molecular flexibility index (Phi) is 3.05. The molecule has 1 aromatic rings. The highest BCUT2D eigenvalue weighted by atomic mass is 35.6. The molecule has 0 spiro atoms. The minimum Gasteiger partial charge on any atom is -0.480 e. The van der Waals surface area contributed by atoms with E-state index in [2.05, 4.69) is 4.98 Å². The fraction of sp³-hybridized carbons (Fsp3) is 0.333. The summed E-state index contributed by atoms with van der Waals surface area (Å²) in [6, 6.07) is 0. The summed E-state index contributed by atoms with van der Waals surface area (Å²) in [5.41, 5.74) is 0. The van der Waals surface area contributed by atoms with Crippen LogP contribution in [0.5, 0.6) is 0 Å². The first-order chi connectivity index (χ1) is 5.91. The Morgan fingerprint density at radius 1 is 1.62 bits per heavy atom. The molecular formula is C6H5Cl3N2O2. The summed E-state index contributed by atoms with van der Waals surface area (Å²) in [6.45, 7) is -0.275. The first kappa shape index (κ1) is 10.6. The van der Waals surface area contributed by atoms with Crippen molar-refractivity contribution in [2.24, 2.45) is 0 Å². The van der Waals surface area contributed by atoms with Crippen LogP contribution in [-0.4, -0.2) is 20.6 Å². The van der Waals surface area contributed by atoms with Crippen LogP contribution in [0.4, 0.5) is 0 Å². The van der Waals surface area contributed by atoms with Crippen molar-refractivity contribution in [2.75, 3.05) is 0 Å². The SMILES string of the molecule is O=C(O)Cn1ccnc1C(Cl)(Cl)Cl. The van der Waals surface area contributed by atoms with Gasteiger partial charge in [0.2, 0.25) is 3.79 Å². The Bertz CT molecular complexity index is 318. The molecular weight excluding hydrogens is 238 g/mol. The monoisotopic (exact) mass is 242 g/mol. The number of aliphatic carboxylic acids is 1. The summed E-state index contributed by atoms with van der Waals surface area (Å²) in [6.07, 6.45) is 2.81. The van der Waals surface area contributed by atoms with Gasteiger partial charge in [-0.3, -0.25) is 4.79 Å². The second kappa shape index (κ2) is 3.74. The Morgan fingerprint density at radius 3 is 2.69 bits per heavy atom. The lowest BCUT2D eigenvalue weighted by atomic mass is 10.6. The smallest absolute Gasteiger partial charge is 0.323 e. The maximum Gasteiger partial charge on any atom is 0.323 e. The van der Waals surface area contributed by atoms with Crippen molar-refractivity contribution >= 4 is 40.8 Å². The third-order valence-electron chi connectivity index (χ3n) is 1.27. The maximum atomic E-state index is 10.4. The highest BCUT2D eigenvalue weighted by Crippen LogP contribution is 2.36. The van der Waals surface area contributed by atoms with Crippen LogP contribution >= 0.6 is 34.8 Å². The molecule has 0 saturated heterocycles. The van der Waals surface area contributed by atoms with Gasteiger partial charge in [-0.25, -0.2) is 4.98 Å². The molecule has 1 aromatic heterocycles. The average molecular weight is 243 g/mol. The molecule has 0 fully saturated rings. The highest BCUT2D eigenvalue weighted by Gasteiger charge is 2.28. The van der Waals surface area contributed by atoms with Crippen LogP contribution in [-0.2, 0) is 15.1 Å². The van der Waals surface area contributed by atoms with Gasteiger partial charge in [0.1, 0.15) is 6.54 Å². The van der Waals surface area contributed by atoms with Crippen LogP contribution in [0.25, 0.3) is 0 Å². The molecule has 13 heavy (non-hydrogen) atoms. The largest absolute Gasteiger partial charge is 0.480 e. The average Bonchev–Trinajstić information content (AvgIpc) is 2.31. The zero-order chi connectivity index (χ0) is 10.1. The Balaban J connectivity index is 2.96. The third kappa shape index (κ3) is 2.76. The predicted molar refractivity (Wildman–Crippen MR) is 49.1 cm³/mol. The Labute approximate surface area is 89.0 Å². The van der Waals surface area contributed by atoms with E-state index in [1.807, 2.05) is 0 Å². The number of alkyl halides is 3. The second-order valence-corrected chi connectivity index (χ2v) is 4.55. The quantitative estimate of drug-likeness (QED) is 0.806. The van der Waals surface area contributed by atoms with E-state index in [9.17, 15) is 4.79 Å². The van der Waals surface area contributed by atoms with Gasteiger partial charge in [-0.1, -0.05) is 34.8 Å². The van der Waals surface area contributed by atoms with E-state index in [-0.39, 0.29) is 12.4 Å². The van der Waals surface area contributed by atoms with Crippen LogP contribution in [0, 0.1) is 0 Å². The van der Waals surface area contributed by atoms with Crippen molar-refractivity contribution in [3.05, 3.63) is 18.2 Å². The van der Waals surface area contributed by atoms with Crippen LogP contribution < -0.4 is 0 Å². The number of hydrogen-bond donors (Lipinski definition) is 1. The Morgan fingerprint density at radius 2 is 2.23 bits per heavy atom. The number of aromatic nitrogens is 2. The molecule has 1 heterocycles. The molecule has 4 nitrogen and oxygen atoms in total. The van der Waals surface area contributed by atoms with E-state index in [0.717, 1.165) is 0 Å². The van der Waals surface area contributed by atoms with Gasteiger partial charge in [-0.15, -0.1) is 0 Å². The van der Waals surface area contributed by atoms with Crippen LogP contribution in [0.15, 0.2) is 12.4 Å². The second-order valence-electron chi connectivity index (χ2n) is 2.27. The molecule has 0 aromatic carbocycles. The van der Waals surface area contributed by atoms with Crippen molar-refractivity contribution in [1.29, 1.82) is 0 Å². The number of halogens is 3. The molecule has 1 rings (SSSR count). The third-order valence-corrected chi connectivity index (χ3v) is 1.78. The number of nitrogens with zero attached hydrogens (tertiary/aromatic N) is 2. The number of rotatable bonds is 2. The van der Waals surface area contributed by atoms with E-state index in [1.165, 1.54) is 17.0 Å². The zero-order valence-corrected chi connectivity index (χ0v) is 8.51.